The lowest BCUT2D eigenvalue weighted by Gasteiger charge is -1.96. The van der Waals surface area contributed by atoms with E-state index in [-0.39, 0.29) is 0 Å². The average Bonchev–Trinajstić information content (AvgIpc) is 2.42. The molecule has 0 amide bonds. The summed E-state index contributed by atoms with van der Waals surface area (Å²) in [6, 6.07) is 4.25. The van der Waals surface area contributed by atoms with Crippen LogP contribution in [0.5, 0.6) is 0 Å². The molecule has 0 aliphatic carbocycles. The third-order valence-electron chi connectivity index (χ3n) is 1.58. The zero-order valence-corrected chi connectivity index (χ0v) is 12.5. The van der Waals surface area contributed by atoms with Crippen LogP contribution in [0.2, 0.25) is 0 Å². The van der Waals surface area contributed by atoms with Crippen molar-refractivity contribution < 1.29 is 0 Å². The number of fused-ring (bicyclic) bond motifs is 1. The maximum Gasteiger partial charge on any atom is 0.0498 e. The fourth-order valence-corrected chi connectivity index (χ4v) is 4.90. The molecule has 0 saturated carbocycles. The molecule has 1 aromatic heterocycles. The third-order valence-corrected chi connectivity index (χ3v) is 5.79. The van der Waals surface area contributed by atoms with Crippen LogP contribution in [0.4, 0.5) is 0 Å². The Morgan fingerprint density at radius 2 is 1.92 bits per heavy atom. The Morgan fingerprint density at radius 3 is 2.58 bits per heavy atom. The van der Waals surface area contributed by atoms with Crippen molar-refractivity contribution >= 4 is 82.5 Å². The molecule has 12 heavy (non-hydrogen) atoms. The van der Waals surface area contributed by atoms with Crippen LogP contribution in [-0.2, 0) is 0 Å². The second-order valence-electron chi connectivity index (χ2n) is 2.32. The highest BCUT2D eigenvalue weighted by atomic mass is 127. The summed E-state index contributed by atoms with van der Waals surface area (Å²) in [4.78, 5) is 0. The van der Waals surface area contributed by atoms with Crippen molar-refractivity contribution in [3.05, 3.63) is 29.1 Å². The number of rotatable bonds is 0. The largest absolute Gasteiger partial charge is 0.142 e. The Hall–Kier alpha value is 1.12. The zero-order chi connectivity index (χ0) is 8.72. The van der Waals surface area contributed by atoms with Gasteiger partial charge in [0.1, 0.15) is 0 Å². The molecule has 1 aromatic carbocycles. The molecule has 62 valence electrons. The molecule has 0 aliphatic rings. The topological polar surface area (TPSA) is 0 Å². The Labute approximate surface area is 110 Å². The summed E-state index contributed by atoms with van der Waals surface area (Å²) in [7, 11) is 0. The SMILES string of the molecule is Brc1ccc(I)c2scc(I)c12. The van der Waals surface area contributed by atoms with Gasteiger partial charge >= 0.3 is 0 Å². The molecule has 0 atom stereocenters. The van der Waals surface area contributed by atoms with Gasteiger partial charge in [0, 0.05) is 27.1 Å². The zero-order valence-electron chi connectivity index (χ0n) is 5.77. The van der Waals surface area contributed by atoms with Crippen LogP contribution < -0.4 is 0 Å². The van der Waals surface area contributed by atoms with E-state index in [9.17, 15) is 0 Å². The summed E-state index contributed by atoms with van der Waals surface area (Å²) in [5.41, 5.74) is 0. The van der Waals surface area contributed by atoms with E-state index in [1.54, 1.807) is 0 Å². The van der Waals surface area contributed by atoms with E-state index >= 15 is 0 Å². The lowest BCUT2D eigenvalue weighted by atomic mass is 10.3. The number of hydrogen-bond acceptors (Lipinski definition) is 1. The van der Waals surface area contributed by atoms with Crippen LogP contribution in [0.3, 0.4) is 0 Å². The third kappa shape index (κ3) is 1.55. The summed E-state index contributed by atoms with van der Waals surface area (Å²) in [5.74, 6) is 0. The van der Waals surface area contributed by atoms with Gasteiger partial charge in [-0.15, -0.1) is 11.3 Å². The number of hydrogen-bond donors (Lipinski definition) is 0. The van der Waals surface area contributed by atoms with Crippen molar-refractivity contribution in [1.29, 1.82) is 0 Å². The monoisotopic (exact) mass is 464 g/mol. The van der Waals surface area contributed by atoms with Crippen molar-refractivity contribution in [2.45, 2.75) is 0 Å². The summed E-state index contributed by atoms with van der Waals surface area (Å²) in [6.07, 6.45) is 0. The predicted molar refractivity (Wildman–Crippen MR) is 75.0 cm³/mol. The van der Waals surface area contributed by atoms with Gasteiger partial charge in [0.05, 0.1) is 0 Å². The standard InChI is InChI=1S/C8H3BrI2S/c9-4-1-2-5(10)8-7(4)6(11)3-12-8/h1-3H. The van der Waals surface area contributed by atoms with Gasteiger partial charge in [-0.3, -0.25) is 0 Å². The highest BCUT2D eigenvalue weighted by Crippen LogP contribution is 2.35. The van der Waals surface area contributed by atoms with E-state index in [1.165, 1.54) is 21.7 Å². The van der Waals surface area contributed by atoms with E-state index in [0.29, 0.717) is 0 Å². The Morgan fingerprint density at radius 1 is 1.17 bits per heavy atom. The lowest BCUT2D eigenvalue weighted by Crippen LogP contribution is -1.74. The molecular formula is C8H3BrI2S. The second-order valence-corrected chi connectivity index (χ2v) is 6.38. The Bertz CT molecular complexity index is 436. The van der Waals surface area contributed by atoms with Gasteiger partial charge < -0.3 is 0 Å². The molecule has 0 radical (unpaired) electrons. The second kappa shape index (κ2) is 3.70. The van der Waals surface area contributed by atoms with Gasteiger partial charge in [0.2, 0.25) is 0 Å². The molecule has 1 heterocycles. The fourth-order valence-electron chi connectivity index (χ4n) is 1.04. The van der Waals surface area contributed by atoms with E-state index in [2.05, 4.69) is 78.6 Å². The molecule has 0 unspecified atom stereocenters. The van der Waals surface area contributed by atoms with Gasteiger partial charge in [-0.1, -0.05) is 15.9 Å². The minimum atomic E-state index is 1.20. The lowest BCUT2D eigenvalue weighted by molar-refractivity contribution is 1.72. The average molecular weight is 465 g/mol. The molecule has 0 saturated heterocycles. The van der Waals surface area contributed by atoms with Crippen molar-refractivity contribution in [2.75, 3.05) is 0 Å². The summed E-state index contributed by atoms with van der Waals surface area (Å²) < 4.78 is 5.25. The number of benzene rings is 1. The molecule has 0 bridgehead atoms. The van der Waals surface area contributed by atoms with Gasteiger partial charge in [0.25, 0.3) is 0 Å². The number of thiophene rings is 1. The van der Waals surface area contributed by atoms with Crippen molar-refractivity contribution in [3.8, 4) is 0 Å². The summed E-state index contributed by atoms with van der Waals surface area (Å²) >= 11 is 10.1. The smallest absolute Gasteiger partial charge is 0.0498 e. The molecule has 4 heteroatoms. The van der Waals surface area contributed by atoms with E-state index in [4.69, 9.17) is 0 Å². The molecule has 2 rings (SSSR count). The van der Waals surface area contributed by atoms with Crippen LogP contribution >= 0.6 is 72.4 Å². The first-order valence-electron chi connectivity index (χ1n) is 3.21. The summed E-state index contributed by atoms with van der Waals surface area (Å²) in [6.45, 7) is 0. The van der Waals surface area contributed by atoms with Crippen LogP contribution in [0.15, 0.2) is 22.0 Å². The normalized spacial score (nSPS) is 10.9. The van der Waals surface area contributed by atoms with E-state index < -0.39 is 0 Å². The Balaban J connectivity index is 2.98. The van der Waals surface area contributed by atoms with Crippen molar-refractivity contribution in [3.63, 3.8) is 0 Å². The van der Waals surface area contributed by atoms with Gasteiger partial charge in [-0.25, -0.2) is 0 Å². The molecule has 0 aliphatic heterocycles. The fraction of sp³-hybridized carbons (Fsp3) is 0. The molecule has 0 nitrogen and oxygen atoms in total. The molecule has 0 fully saturated rings. The maximum atomic E-state index is 3.56. The summed E-state index contributed by atoms with van der Waals surface area (Å²) in [5, 5.41) is 3.55. The van der Waals surface area contributed by atoms with Crippen molar-refractivity contribution in [2.24, 2.45) is 0 Å². The van der Waals surface area contributed by atoms with E-state index in [1.807, 2.05) is 11.3 Å². The first kappa shape index (κ1) is 9.67. The first-order valence-corrected chi connectivity index (χ1v) is 7.04. The first-order chi connectivity index (χ1) is 5.70. The van der Waals surface area contributed by atoms with Crippen LogP contribution in [0.25, 0.3) is 10.1 Å². The molecule has 0 N–H and O–H groups in total. The van der Waals surface area contributed by atoms with Crippen molar-refractivity contribution in [1.82, 2.24) is 0 Å². The molecule has 0 spiro atoms. The van der Waals surface area contributed by atoms with Crippen LogP contribution in [0.1, 0.15) is 0 Å². The minimum Gasteiger partial charge on any atom is -0.142 e. The van der Waals surface area contributed by atoms with Gasteiger partial charge in [-0.2, -0.15) is 0 Å². The van der Waals surface area contributed by atoms with Gasteiger partial charge in [0.15, 0.2) is 0 Å². The highest BCUT2D eigenvalue weighted by molar-refractivity contribution is 14.1. The molecule has 2 aromatic rings. The Kier molecular flexibility index (Phi) is 2.98. The minimum absolute atomic E-state index is 1.20. The van der Waals surface area contributed by atoms with Crippen LogP contribution in [0, 0.1) is 7.14 Å². The molecular weight excluding hydrogens is 462 g/mol. The van der Waals surface area contributed by atoms with E-state index in [0.717, 1.165) is 0 Å². The van der Waals surface area contributed by atoms with Crippen LogP contribution in [-0.4, -0.2) is 0 Å². The predicted octanol–water partition coefficient (Wildman–Crippen LogP) is 4.87. The number of halogens is 3. The van der Waals surface area contributed by atoms with Gasteiger partial charge in [-0.05, 0) is 57.3 Å². The quantitative estimate of drug-likeness (QED) is 0.488. The highest BCUT2D eigenvalue weighted by Gasteiger charge is 2.07. The maximum absolute atomic E-state index is 3.56.